The monoisotopic (exact) mass is 358 g/mol. The number of nitrogens with one attached hydrogen (secondary N) is 1. The van der Waals surface area contributed by atoms with E-state index in [1.807, 2.05) is 5.32 Å². The number of primary amides is 1. The summed E-state index contributed by atoms with van der Waals surface area (Å²) in [6.45, 7) is 5.08. The van der Waals surface area contributed by atoms with Gasteiger partial charge in [-0.15, -0.1) is 11.8 Å². The first kappa shape index (κ1) is 19.3. The summed E-state index contributed by atoms with van der Waals surface area (Å²) < 4.78 is 5.23. The van der Waals surface area contributed by atoms with Crippen LogP contribution in [0.15, 0.2) is 29.2 Å². The highest BCUT2D eigenvalue weighted by Crippen LogP contribution is 2.26. The molecule has 0 fully saturated rings. The third kappa shape index (κ3) is 6.50. The van der Waals surface area contributed by atoms with E-state index in [0.29, 0.717) is 5.02 Å². The number of esters is 1. The van der Waals surface area contributed by atoms with Crippen molar-refractivity contribution in [2.45, 2.75) is 37.0 Å². The van der Waals surface area contributed by atoms with Crippen molar-refractivity contribution in [2.75, 3.05) is 0 Å². The molecule has 1 rings (SSSR count). The van der Waals surface area contributed by atoms with E-state index in [1.54, 1.807) is 45.0 Å². The Morgan fingerprint density at radius 2 is 1.74 bits per heavy atom. The van der Waals surface area contributed by atoms with Crippen LogP contribution in [-0.4, -0.2) is 29.3 Å². The van der Waals surface area contributed by atoms with Crippen molar-refractivity contribution in [3.63, 3.8) is 0 Å². The molecule has 0 saturated heterocycles. The number of benzene rings is 1. The van der Waals surface area contributed by atoms with Gasteiger partial charge in [-0.2, -0.15) is 0 Å². The van der Waals surface area contributed by atoms with Gasteiger partial charge < -0.3 is 10.5 Å². The van der Waals surface area contributed by atoms with Gasteiger partial charge in [0.05, 0.1) is 0 Å². The van der Waals surface area contributed by atoms with Gasteiger partial charge in [0.25, 0.3) is 5.91 Å². The van der Waals surface area contributed by atoms with Crippen LogP contribution in [0.3, 0.4) is 0 Å². The van der Waals surface area contributed by atoms with Crippen molar-refractivity contribution < 1.29 is 19.1 Å². The molecule has 0 aliphatic carbocycles. The standard InChI is InChI=1S/C15H19ClN2O4S/c1-8(2)12(13(19)18-15(17)21)22-14(20)9(3)23-11-6-4-10(16)5-7-11/h4-9,12H,1-3H3,(H3,17,18,19,21)/t9-,12+/m1/s1. The zero-order chi connectivity index (χ0) is 17.6. The van der Waals surface area contributed by atoms with Gasteiger partial charge in [0, 0.05) is 9.92 Å². The Labute approximate surface area is 144 Å². The summed E-state index contributed by atoms with van der Waals surface area (Å²) in [6.07, 6.45) is -1.08. The van der Waals surface area contributed by atoms with E-state index in [2.05, 4.69) is 0 Å². The number of carbonyl (C=O) groups excluding carboxylic acids is 3. The molecule has 1 aromatic rings. The molecule has 0 radical (unpaired) electrons. The first-order valence-electron chi connectivity index (χ1n) is 6.93. The molecule has 3 N–H and O–H groups in total. The molecule has 2 atom stereocenters. The van der Waals surface area contributed by atoms with Gasteiger partial charge >= 0.3 is 12.0 Å². The minimum absolute atomic E-state index is 0.300. The number of hydrogen-bond acceptors (Lipinski definition) is 5. The molecule has 6 nitrogen and oxygen atoms in total. The minimum Gasteiger partial charge on any atom is -0.451 e. The van der Waals surface area contributed by atoms with E-state index in [0.717, 1.165) is 4.90 Å². The van der Waals surface area contributed by atoms with Gasteiger partial charge in [-0.1, -0.05) is 25.4 Å². The van der Waals surface area contributed by atoms with Gasteiger partial charge in [0.15, 0.2) is 6.10 Å². The number of amides is 3. The van der Waals surface area contributed by atoms with E-state index < -0.39 is 29.3 Å². The molecule has 0 unspecified atom stereocenters. The topological polar surface area (TPSA) is 98.5 Å². The Morgan fingerprint density at radius 3 is 2.22 bits per heavy atom. The van der Waals surface area contributed by atoms with E-state index in [1.165, 1.54) is 11.8 Å². The number of carbonyl (C=O) groups is 3. The maximum Gasteiger partial charge on any atom is 0.319 e. The van der Waals surface area contributed by atoms with Crippen molar-refractivity contribution in [3.05, 3.63) is 29.3 Å². The van der Waals surface area contributed by atoms with Gasteiger partial charge in [-0.3, -0.25) is 14.9 Å². The minimum atomic E-state index is -1.08. The lowest BCUT2D eigenvalue weighted by atomic mass is 10.1. The number of nitrogens with two attached hydrogens (primary N) is 1. The molecule has 23 heavy (non-hydrogen) atoms. The van der Waals surface area contributed by atoms with Crippen molar-refractivity contribution >= 4 is 41.3 Å². The zero-order valence-electron chi connectivity index (χ0n) is 13.0. The molecular formula is C15H19ClN2O4S. The van der Waals surface area contributed by atoms with Crippen LogP contribution in [0, 0.1) is 5.92 Å². The molecule has 0 bridgehead atoms. The lowest BCUT2D eigenvalue weighted by Gasteiger charge is -2.21. The fraction of sp³-hybridized carbons (Fsp3) is 0.400. The van der Waals surface area contributed by atoms with Crippen LogP contribution >= 0.6 is 23.4 Å². The Morgan fingerprint density at radius 1 is 1.17 bits per heavy atom. The highest BCUT2D eigenvalue weighted by atomic mass is 35.5. The van der Waals surface area contributed by atoms with Crippen LogP contribution in [0.4, 0.5) is 4.79 Å². The number of halogens is 1. The molecule has 0 spiro atoms. The van der Waals surface area contributed by atoms with Crippen molar-refractivity contribution in [2.24, 2.45) is 11.7 Å². The number of rotatable bonds is 6. The fourth-order valence-electron chi connectivity index (χ4n) is 1.67. The summed E-state index contributed by atoms with van der Waals surface area (Å²) in [7, 11) is 0. The fourth-order valence-corrected chi connectivity index (χ4v) is 2.65. The predicted octanol–water partition coefficient (Wildman–Crippen LogP) is 2.58. The Kier molecular flexibility index (Phi) is 7.38. The van der Waals surface area contributed by atoms with Gasteiger partial charge in [-0.25, -0.2) is 4.79 Å². The van der Waals surface area contributed by atoms with Crippen molar-refractivity contribution in [1.29, 1.82) is 0 Å². The number of ether oxygens (including phenoxy) is 1. The van der Waals surface area contributed by atoms with Crippen LogP contribution in [0.1, 0.15) is 20.8 Å². The molecule has 0 heterocycles. The highest BCUT2D eigenvalue weighted by Gasteiger charge is 2.29. The molecular weight excluding hydrogens is 340 g/mol. The number of urea groups is 1. The maximum atomic E-state index is 12.2. The summed E-state index contributed by atoms with van der Waals surface area (Å²) >= 11 is 7.09. The second kappa shape index (κ2) is 8.79. The summed E-state index contributed by atoms with van der Waals surface area (Å²) in [5, 5.41) is 2.00. The molecule has 8 heteroatoms. The largest absolute Gasteiger partial charge is 0.451 e. The predicted molar refractivity (Wildman–Crippen MR) is 89.2 cm³/mol. The van der Waals surface area contributed by atoms with Gasteiger partial charge in [-0.05, 0) is 37.1 Å². The Balaban J connectivity index is 2.68. The third-order valence-corrected chi connectivity index (χ3v) is 4.15. The lowest BCUT2D eigenvalue weighted by molar-refractivity contribution is -0.157. The number of hydrogen-bond donors (Lipinski definition) is 2. The van der Waals surface area contributed by atoms with Crippen LogP contribution in [0.5, 0.6) is 0 Å². The Bertz CT molecular complexity index is 577. The first-order valence-corrected chi connectivity index (χ1v) is 8.19. The molecule has 3 amide bonds. The SMILES string of the molecule is CC(C)[C@H](OC(=O)[C@@H](C)Sc1ccc(Cl)cc1)C(=O)NC(N)=O. The quantitative estimate of drug-likeness (QED) is 0.601. The van der Waals surface area contributed by atoms with Crippen molar-refractivity contribution in [1.82, 2.24) is 5.32 Å². The average molecular weight is 359 g/mol. The van der Waals surface area contributed by atoms with Crippen LogP contribution in [0.2, 0.25) is 5.02 Å². The van der Waals surface area contributed by atoms with E-state index in [-0.39, 0.29) is 5.92 Å². The molecule has 0 aliphatic rings. The normalized spacial score (nSPS) is 13.3. The van der Waals surface area contributed by atoms with E-state index in [4.69, 9.17) is 22.1 Å². The van der Waals surface area contributed by atoms with Gasteiger partial charge in [0.1, 0.15) is 5.25 Å². The smallest absolute Gasteiger partial charge is 0.319 e. The van der Waals surface area contributed by atoms with E-state index in [9.17, 15) is 14.4 Å². The summed E-state index contributed by atoms with van der Waals surface area (Å²) in [5.74, 6) is -1.58. The number of imide groups is 1. The summed E-state index contributed by atoms with van der Waals surface area (Å²) in [5.41, 5.74) is 4.91. The number of thioether (sulfide) groups is 1. The third-order valence-electron chi connectivity index (χ3n) is 2.81. The average Bonchev–Trinajstić information content (AvgIpc) is 2.45. The molecule has 1 aromatic carbocycles. The van der Waals surface area contributed by atoms with Crippen molar-refractivity contribution in [3.8, 4) is 0 Å². The molecule has 0 saturated carbocycles. The van der Waals surface area contributed by atoms with Gasteiger partial charge in [0.2, 0.25) is 0 Å². The lowest BCUT2D eigenvalue weighted by Crippen LogP contribution is -2.46. The summed E-state index contributed by atoms with van der Waals surface area (Å²) in [4.78, 5) is 35.6. The zero-order valence-corrected chi connectivity index (χ0v) is 14.6. The Hall–Kier alpha value is -1.73. The molecule has 0 aliphatic heterocycles. The van der Waals surface area contributed by atoms with Crippen LogP contribution in [0.25, 0.3) is 0 Å². The molecule has 0 aromatic heterocycles. The second-order valence-corrected chi connectivity index (χ2v) is 7.02. The molecule has 126 valence electrons. The summed E-state index contributed by atoms with van der Waals surface area (Å²) in [6, 6.07) is 6.03. The van der Waals surface area contributed by atoms with Crippen LogP contribution < -0.4 is 11.1 Å². The first-order chi connectivity index (χ1) is 10.7. The van der Waals surface area contributed by atoms with Crippen LogP contribution in [-0.2, 0) is 14.3 Å². The van der Waals surface area contributed by atoms with E-state index >= 15 is 0 Å². The maximum absolute atomic E-state index is 12.2. The highest BCUT2D eigenvalue weighted by molar-refractivity contribution is 8.00. The second-order valence-electron chi connectivity index (χ2n) is 5.17.